The quantitative estimate of drug-likeness (QED) is 0.422. The molecule has 43 heavy (non-hydrogen) atoms. The lowest BCUT2D eigenvalue weighted by Crippen LogP contribution is -2.42. The molecule has 2 aliphatic carbocycles. The topological polar surface area (TPSA) is 146 Å². The second kappa shape index (κ2) is 11.0. The lowest BCUT2D eigenvalue weighted by Gasteiger charge is -2.43. The maximum Gasteiger partial charge on any atom is 0.323 e. The summed E-state index contributed by atoms with van der Waals surface area (Å²) in [6.07, 6.45) is 3.85. The molecule has 2 bridgehead atoms. The number of aromatic amines is 1. The van der Waals surface area contributed by atoms with Gasteiger partial charge in [-0.2, -0.15) is 0 Å². The summed E-state index contributed by atoms with van der Waals surface area (Å²) >= 11 is 2.74. The zero-order valence-corrected chi connectivity index (χ0v) is 25.3. The van der Waals surface area contributed by atoms with Crippen LogP contribution in [0.3, 0.4) is 0 Å². The fraction of sp³-hybridized carbons (Fsp3) is 0.567. The Morgan fingerprint density at radius 3 is 2.49 bits per heavy atom. The molecule has 4 fully saturated rings. The summed E-state index contributed by atoms with van der Waals surface area (Å²) in [6.45, 7) is 3.06. The molecule has 7 atom stereocenters. The van der Waals surface area contributed by atoms with Gasteiger partial charge in [-0.15, -0.1) is 11.8 Å². The lowest BCUT2D eigenvalue weighted by atomic mass is 9.68. The zero-order chi connectivity index (χ0) is 30.0. The smallest absolute Gasteiger partial charge is 0.323 e. The number of aromatic nitrogens is 1. The van der Waals surface area contributed by atoms with Crippen molar-refractivity contribution >= 4 is 46.8 Å². The fourth-order valence-corrected chi connectivity index (χ4v) is 11.1. The van der Waals surface area contributed by atoms with E-state index in [4.69, 9.17) is 9.47 Å². The highest BCUT2D eigenvalue weighted by atomic mass is 32.2. The maximum atomic E-state index is 13.4. The number of imide groups is 1. The maximum absolute atomic E-state index is 13.4. The average molecular weight is 628 g/mol. The molecule has 5 aliphatic rings. The van der Waals surface area contributed by atoms with Gasteiger partial charge in [-0.3, -0.25) is 28.9 Å². The van der Waals surface area contributed by atoms with Gasteiger partial charge in [-0.25, -0.2) is 0 Å². The molecule has 0 spiro atoms. The van der Waals surface area contributed by atoms with Gasteiger partial charge in [0, 0.05) is 29.1 Å². The first-order chi connectivity index (χ1) is 20.8. The predicted molar refractivity (Wildman–Crippen MR) is 156 cm³/mol. The number of hydrogen-bond donors (Lipinski definition) is 2. The molecule has 2 N–H and O–H groups in total. The Labute approximate surface area is 255 Å². The van der Waals surface area contributed by atoms with Crippen molar-refractivity contribution in [2.75, 3.05) is 32.8 Å². The number of nitrogens with one attached hydrogen (secondary N) is 1. The summed E-state index contributed by atoms with van der Waals surface area (Å²) in [5, 5.41) is 10.1. The van der Waals surface area contributed by atoms with Gasteiger partial charge < -0.3 is 24.5 Å². The number of nitrogens with zero attached hydrogens (tertiary/aromatic N) is 2. The van der Waals surface area contributed by atoms with Crippen LogP contribution in [0.15, 0.2) is 28.0 Å². The van der Waals surface area contributed by atoms with Gasteiger partial charge in [0.2, 0.25) is 11.8 Å². The third-order valence-electron chi connectivity index (χ3n) is 9.80. The second-order valence-corrected chi connectivity index (χ2v) is 14.2. The van der Waals surface area contributed by atoms with E-state index in [9.17, 15) is 29.1 Å². The zero-order valence-electron chi connectivity index (χ0n) is 23.7. The lowest BCUT2D eigenvalue weighted by molar-refractivity contribution is -0.149. The first-order valence-electron chi connectivity index (χ1n) is 14.9. The van der Waals surface area contributed by atoms with Crippen molar-refractivity contribution < 1.29 is 33.8 Å². The van der Waals surface area contributed by atoms with Crippen LogP contribution < -0.4 is 14.3 Å². The van der Waals surface area contributed by atoms with Crippen molar-refractivity contribution in [3.8, 4) is 11.5 Å². The summed E-state index contributed by atoms with van der Waals surface area (Å²) in [5.74, 6) is -2.59. The van der Waals surface area contributed by atoms with E-state index >= 15 is 0 Å². The van der Waals surface area contributed by atoms with Crippen molar-refractivity contribution in [1.29, 1.82) is 0 Å². The van der Waals surface area contributed by atoms with Gasteiger partial charge in [0.1, 0.15) is 6.54 Å². The number of likely N-dealkylation sites (tertiary alicyclic amines) is 2. The molecule has 2 saturated carbocycles. The van der Waals surface area contributed by atoms with Crippen LogP contribution in [0.1, 0.15) is 49.0 Å². The van der Waals surface area contributed by atoms with E-state index < -0.39 is 30.3 Å². The van der Waals surface area contributed by atoms with Gasteiger partial charge in [-0.05, 0) is 68.1 Å². The third-order valence-corrected chi connectivity index (χ3v) is 12.4. The van der Waals surface area contributed by atoms with Gasteiger partial charge in [-0.1, -0.05) is 17.4 Å². The molecule has 2 aromatic rings. The highest BCUT2D eigenvalue weighted by molar-refractivity contribution is 8.00. The summed E-state index contributed by atoms with van der Waals surface area (Å²) < 4.78 is 12.0. The minimum atomic E-state index is -1.21. The normalized spacial score (nSPS) is 30.7. The molecular formula is C30H33N3O8S2. The Balaban J connectivity index is 1.21. The average Bonchev–Trinajstić information content (AvgIpc) is 3.73. The Morgan fingerprint density at radius 1 is 1.02 bits per heavy atom. The molecule has 13 heteroatoms. The minimum Gasteiger partial charge on any atom is -0.490 e. The van der Waals surface area contributed by atoms with E-state index in [1.807, 2.05) is 30.0 Å². The molecule has 1 aromatic heterocycles. The SMILES string of the molecule is CCOc1cc([C@H]2c3sc(=O)[nH]c3SC3C4CC(C5C(=O)N(CC(=O)O)C(=O)C45)C32)ccc1OCC(=O)N1CCCCC1. The first-order valence-corrected chi connectivity index (χ1v) is 16.6. The van der Waals surface area contributed by atoms with Gasteiger partial charge in [0.15, 0.2) is 18.1 Å². The Kier molecular flexibility index (Phi) is 7.27. The van der Waals surface area contributed by atoms with Gasteiger partial charge in [0.25, 0.3) is 5.91 Å². The van der Waals surface area contributed by atoms with Crippen LogP contribution in [-0.2, 0) is 19.2 Å². The highest BCUT2D eigenvalue weighted by Crippen LogP contribution is 2.68. The fourth-order valence-electron chi connectivity index (χ4n) is 8.22. The van der Waals surface area contributed by atoms with Crippen LogP contribution in [0.4, 0.5) is 0 Å². The third kappa shape index (κ3) is 4.66. The number of ether oxygens (including phenoxy) is 2. The predicted octanol–water partition coefficient (Wildman–Crippen LogP) is 2.78. The molecule has 7 rings (SSSR count). The van der Waals surface area contributed by atoms with Crippen LogP contribution in [0, 0.1) is 29.6 Å². The Bertz CT molecular complexity index is 1550. The Hall–Kier alpha value is -3.32. The molecule has 4 heterocycles. The molecule has 2 saturated heterocycles. The molecule has 6 unspecified atom stereocenters. The van der Waals surface area contributed by atoms with Gasteiger partial charge in [0.05, 0.1) is 23.5 Å². The van der Waals surface area contributed by atoms with Crippen LogP contribution in [0.5, 0.6) is 11.5 Å². The number of thiazole rings is 1. The minimum absolute atomic E-state index is 0.0100. The number of rotatable bonds is 8. The number of aliphatic carboxylic acids is 1. The van der Waals surface area contributed by atoms with Crippen LogP contribution in [0.25, 0.3) is 0 Å². The van der Waals surface area contributed by atoms with Crippen molar-refractivity contribution in [2.24, 2.45) is 29.6 Å². The standard InChI is InChI=1S/C30H33N3O8S2/c1-2-40-18-10-14(6-7-17(18)41-13-19(34)32-8-4-3-5-9-32)21-22-15-11-16(25(22)42-27-26(21)43-30(39)31-27)24-23(15)28(37)33(29(24)38)12-20(35)36/h6-7,10,15-16,21-25H,2-5,8-9,11-13H2,1H3,(H,31,39)(H,35,36)/t15?,16?,21-,22?,23?,24?,25?/m1/s1. The molecule has 3 amide bonds. The van der Waals surface area contributed by atoms with Crippen LogP contribution >= 0.6 is 23.1 Å². The number of hydrogen-bond acceptors (Lipinski definition) is 9. The number of thioether (sulfide) groups is 1. The van der Waals surface area contributed by atoms with E-state index in [2.05, 4.69) is 4.98 Å². The number of amides is 3. The van der Waals surface area contributed by atoms with Crippen LogP contribution in [0.2, 0.25) is 0 Å². The van der Waals surface area contributed by atoms with E-state index in [0.717, 1.165) is 64.1 Å². The summed E-state index contributed by atoms with van der Waals surface area (Å²) in [7, 11) is 0. The molecule has 11 nitrogen and oxygen atoms in total. The molecule has 0 radical (unpaired) electrons. The number of benzene rings is 1. The van der Waals surface area contributed by atoms with E-state index in [0.29, 0.717) is 24.5 Å². The van der Waals surface area contributed by atoms with E-state index in [1.165, 1.54) is 0 Å². The summed E-state index contributed by atoms with van der Waals surface area (Å²) in [4.78, 5) is 70.0. The molecule has 228 valence electrons. The summed E-state index contributed by atoms with van der Waals surface area (Å²) in [6, 6.07) is 5.67. The highest BCUT2D eigenvalue weighted by Gasteiger charge is 2.69. The van der Waals surface area contributed by atoms with Crippen LogP contribution in [-0.4, -0.2) is 81.7 Å². The van der Waals surface area contributed by atoms with E-state index in [1.54, 1.807) is 11.8 Å². The number of carbonyl (C=O) groups excluding carboxylic acids is 3. The first kappa shape index (κ1) is 28.5. The number of H-pyrrole nitrogens is 1. The van der Waals surface area contributed by atoms with Gasteiger partial charge >= 0.3 is 10.8 Å². The number of carboxylic acid groups (broad SMARTS) is 1. The van der Waals surface area contributed by atoms with Crippen molar-refractivity contribution in [1.82, 2.24) is 14.8 Å². The van der Waals surface area contributed by atoms with Crippen molar-refractivity contribution in [3.63, 3.8) is 0 Å². The number of fused-ring (bicyclic) bond motifs is 9. The number of carboxylic acids is 1. The monoisotopic (exact) mass is 627 g/mol. The second-order valence-electron chi connectivity index (χ2n) is 12.0. The van der Waals surface area contributed by atoms with Crippen molar-refractivity contribution in [3.05, 3.63) is 38.3 Å². The molecular weight excluding hydrogens is 594 g/mol. The van der Waals surface area contributed by atoms with Crippen molar-refractivity contribution in [2.45, 2.75) is 48.8 Å². The molecule has 3 aliphatic heterocycles. The molecule has 1 aromatic carbocycles. The number of carbonyl (C=O) groups is 4. The largest absolute Gasteiger partial charge is 0.490 e. The Morgan fingerprint density at radius 2 is 1.77 bits per heavy atom. The summed E-state index contributed by atoms with van der Waals surface area (Å²) in [5.41, 5.74) is 0.910. The number of piperidine rings is 1. The van der Waals surface area contributed by atoms with E-state index in [-0.39, 0.29) is 52.2 Å².